The van der Waals surface area contributed by atoms with Gasteiger partial charge in [-0.3, -0.25) is 9.78 Å². The maximum atomic E-state index is 11.0. The lowest BCUT2D eigenvalue weighted by Gasteiger charge is -1.98. The third-order valence-corrected chi connectivity index (χ3v) is 1.18. The first-order valence-electron chi connectivity index (χ1n) is 3.35. The molecule has 0 spiro atoms. The summed E-state index contributed by atoms with van der Waals surface area (Å²) in [4.78, 5) is 24.6. The fourth-order valence-electron chi connectivity index (χ4n) is 0.677. The van der Waals surface area contributed by atoms with Crippen LogP contribution in [0.25, 0.3) is 0 Å². The lowest BCUT2D eigenvalue weighted by atomic mass is 10.3. The fraction of sp³-hybridized carbons (Fsp3) is 0.125. The van der Waals surface area contributed by atoms with E-state index in [0.29, 0.717) is 11.8 Å². The Kier molecular flexibility index (Phi) is 2.95. The van der Waals surface area contributed by atoms with Crippen molar-refractivity contribution in [3.05, 3.63) is 30.1 Å². The van der Waals surface area contributed by atoms with Crippen LogP contribution in [0.1, 0.15) is 10.4 Å². The molecule has 0 fully saturated rings. The fourth-order valence-corrected chi connectivity index (χ4v) is 0.677. The van der Waals surface area contributed by atoms with Crippen molar-refractivity contribution in [2.75, 3.05) is 6.61 Å². The lowest BCUT2D eigenvalue weighted by Crippen LogP contribution is -2.06. The zero-order valence-electron chi connectivity index (χ0n) is 6.27. The van der Waals surface area contributed by atoms with E-state index in [2.05, 4.69) is 9.72 Å². The molecule has 4 nitrogen and oxygen atoms in total. The zero-order chi connectivity index (χ0) is 8.81. The van der Waals surface area contributed by atoms with Gasteiger partial charge in [0.15, 0.2) is 6.29 Å². The molecular formula is C8H7NO3. The highest BCUT2D eigenvalue weighted by Gasteiger charge is 2.04. The van der Waals surface area contributed by atoms with E-state index in [1.807, 2.05) is 0 Å². The van der Waals surface area contributed by atoms with Crippen molar-refractivity contribution in [1.82, 2.24) is 4.98 Å². The maximum Gasteiger partial charge on any atom is 0.340 e. The molecule has 0 bridgehead atoms. The molecule has 0 amide bonds. The van der Waals surface area contributed by atoms with Gasteiger partial charge in [-0.2, -0.15) is 0 Å². The molecule has 0 saturated carbocycles. The van der Waals surface area contributed by atoms with E-state index < -0.39 is 5.97 Å². The molecule has 0 aliphatic rings. The normalized spacial score (nSPS) is 9.00. The quantitative estimate of drug-likeness (QED) is 0.481. The second kappa shape index (κ2) is 4.23. The predicted molar refractivity (Wildman–Crippen MR) is 40.6 cm³/mol. The average molecular weight is 165 g/mol. The SMILES string of the molecule is O=CCOC(=O)c1cccnc1. The van der Waals surface area contributed by atoms with Crippen LogP contribution >= 0.6 is 0 Å². The number of carbonyl (C=O) groups excluding carboxylic acids is 2. The number of hydrogen-bond acceptors (Lipinski definition) is 4. The Morgan fingerprint density at radius 2 is 2.50 bits per heavy atom. The van der Waals surface area contributed by atoms with Crippen LogP contribution in [-0.4, -0.2) is 23.8 Å². The lowest BCUT2D eigenvalue weighted by molar-refractivity contribution is -0.110. The Hall–Kier alpha value is -1.71. The number of aldehydes is 1. The van der Waals surface area contributed by atoms with E-state index in [-0.39, 0.29) is 6.61 Å². The first-order chi connectivity index (χ1) is 5.84. The van der Waals surface area contributed by atoms with Crippen LogP contribution in [0.2, 0.25) is 0 Å². The van der Waals surface area contributed by atoms with Gasteiger partial charge in [0, 0.05) is 12.4 Å². The molecule has 1 heterocycles. The van der Waals surface area contributed by atoms with Crippen LogP contribution < -0.4 is 0 Å². The molecule has 0 unspecified atom stereocenters. The molecule has 4 heteroatoms. The van der Waals surface area contributed by atoms with Gasteiger partial charge in [-0.25, -0.2) is 4.79 Å². The van der Waals surface area contributed by atoms with Gasteiger partial charge in [0.05, 0.1) is 5.56 Å². The van der Waals surface area contributed by atoms with Crippen molar-refractivity contribution in [2.45, 2.75) is 0 Å². The molecule has 0 N–H and O–H groups in total. The molecule has 62 valence electrons. The molecule has 1 aromatic rings. The van der Waals surface area contributed by atoms with Gasteiger partial charge in [-0.15, -0.1) is 0 Å². The average Bonchev–Trinajstić information content (AvgIpc) is 2.15. The molecule has 0 radical (unpaired) electrons. The van der Waals surface area contributed by atoms with Crippen molar-refractivity contribution < 1.29 is 14.3 Å². The van der Waals surface area contributed by atoms with Crippen molar-refractivity contribution in [3.63, 3.8) is 0 Å². The topological polar surface area (TPSA) is 56.3 Å². The van der Waals surface area contributed by atoms with Crippen LogP contribution in [0.4, 0.5) is 0 Å². The number of pyridine rings is 1. The number of ether oxygens (including phenoxy) is 1. The minimum Gasteiger partial charge on any atom is -0.454 e. The van der Waals surface area contributed by atoms with Crippen LogP contribution in [-0.2, 0) is 9.53 Å². The minimum absolute atomic E-state index is 0.215. The zero-order valence-corrected chi connectivity index (χ0v) is 6.27. The molecule has 1 rings (SSSR count). The largest absolute Gasteiger partial charge is 0.454 e. The molecular weight excluding hydrogens is 158 g/mol. The van der Waals surface area contributed by atoms with E-state index in [9.17, 15) is 9.59 Å². The van der Waals surface area contributed by atoms with Gasteiger partial charge in [-0.1, -0.05) is 0 Å². The highest BCUT2D eigenvalue weighted by atomic mass is 16.5. The Labute approximate surface area is 69.2 Å². The monoisotopic (exact) mass is 165 g/mol. The van der Waals surface area contributed by atoms with Gasteiger partial charge in [0.2, 0.25) is 0 Å². The minimum atomic E-state index is -0.532. The van der Waals surface area contributed by atoms with Crippen molar-refractivity contribution >= 4 is 12.3 Å². The van der Waals surface area contributed by atoms with E-state index in [1.165, 1.54) is 6.20 Å². The van der Waals surface area contributed by atoms with Gasteiger partial charge < -0.3 is 4.74 Å². The van der Waals surface area contributed by atoms with E-state index in [1.54, 1.807) is 18.3 Å². The molecule has 0 aliphatic heterocycles. The summed E-state index contributed by atoms with van der Waals surface area (Å²) in [5, 5.41) is 0. The summed E-state index contributed by atoms with van der Waals surface area (Å²) in [6.45, 7) is -0.215. The van der Waals surface area contributed by atoms with Crippen molar-refractivity contribution in [2.24, 2.45) is 0 Å². The number of nitrogens with zero attached hydrogens (tertiary/aromatic N) is 1. The standard InChI is InChI=1S/C8H7NO3/c10-4-5-12-8(11)7-2-1-3-9-6-7/h1-4,6H,5H2. The third-order valence-electron chi connectivity index (χ3n) is 1.18. The van der Waals surface area contributed by atoms with E-state index >= 15 is 0 Å². The molecule has 0 saturated heterocycles. The summed E-state index contributed by atoms with van der Waals surface area (Å²) in [5.74, 6) is -0.532. The summed E-state index contributed by atoms with van der Waals surface area (Å²) in [5.41, 5.74) is 0.347. The first kappa shape index (κ1) is 8.39. The molecule has 0 atom stereocenters. The van der Waals surface area contributed by atoms with Crippen LogP contribution in [0.15, 0.2) is 24.5 Å². The number of rotatable bonds is 3. The number of esters is 1. The summed E-state index contributed by atoms with van der Waals surface area (Å²) in [6.07, 6.45) is 3.46. The Morgan fingerprint density at radius 3 is 3.08 bits per heavy atom. The smallest absolute Gasteiger partial charge is 0.340 e. The Balaban J connectivity index is 2.59. The number of hydrogen-bond donors (Lipinski definition) is 0. The molecule has 1 aromatic heterocycles. The van der Waals surface area contributed by atoms with Crippen molar-refractivity contribution in [1.29, 1.82) is 0 Å². The summed E-state index contributed by atoms with van der Waals surface area (Å²) in [6, 6.07) is 3.19. The highest BCUT2D eigenvalue weighted by Crippen LogP contribution is 1.97. The predicted octanol–water partition coefficient (Wildman–Crippen LogP) is 0.437. The maximum absolute atomic E-state index is 11.0. The van der Waals surface area contributed by atoms with Gasteiger partial charge in [0.1, 0.15) is 6.61 Å². The second-order valence-corrected chi connectivity index (χ2v) is 2.01. The summed E-state index contributed by atoms with van der Waals surface area (Å²) < 4.78 is 4.53. The second-order valence-electron chi connectivity index (χ2n) is 2.01. The van der Waals surface area contributed by atoms with E-state index in [4.69, 9.17) is 0 Å². The van der Waals surface area contributed by atoms with Gasteiger partial charge in [-0.05, 0) is 12.1 Å². The number of carbonyl (C=O) groups is 2. The summed E-state index contributed by atoms with van der Waals surface area (Å²) in [7, 11) is 0. The number of aromatic nitrogens is 1. The Morgan fingerprint density at radius 1 is 1.67 bits per heavy atom. The van der Waals surface area contributed by atoms with Crippen LogP contribution in [0, 0.1) is 0 Å². The molecule has 0 aromatic carbocycles. The first-order valence-corrected chi connectivity index (χ1v) is 3.35. The van der Waals surface area contributed by atoms with Crippen LogP contribution in [0.3, 0.4) is 0 Å². The summed E-state index contributed by atoms with van der Waals surface area (Å²) >= 11 is 0. The van der Waals surface area contributed by atoms with Gasteiger partial charge >= 0.3 is 5.97 Å². The van der Waals surface area contributed by atoms with Gasteiger partial charge in [0.25, 0.3) is 0 Å². The third kappa shape index (κ3) is 2.16. The van der Waals surface area contributed by atoms with Crippen molar-refractivity contribution in [3.8, 4) is 0 Å². The highest BCUT2D eigenvalue weighted by molar-refractivity contribution is 5.89. The van der Waals surface area contributed by atoms with Crippen LogP contribution in [0.5, 0.6) is 0 Å². The molecule has 12 heavy (non-hydrogen) atoms. The Bertz CT molecular complexity index is 271. The van der Waals surface area contributed by atoms with E-state index in [0.717, 1.165) is 0 Å². The molecule has 0 aliphatic carbocycles.